The topological polar surface area (TPSA) is 92.4 Å². The molecule has 6 nitrogen and oxygen atoms in total. The van der Waals surface area contributed by atoms with Crippen LogP contribution in [0.1, 0.15) is 112 Å². The average Bonchev–Trinajstić information content (AvgIpc) is 3.47. The molecule has 2 fully saturated rings. The molecule has 0 spiro atoms. The summed E-state index contributed by atoms with van der Waals surface area (Å²) in [5.41, 5.74) is 3.82. The van der Waals surface area contributed by atoms with Gasteiger partial charge >= 0.3 is 5.97 Å². The van der Waals surface area contributed by atoms with Gasteiger partial charge in [-0.05, 0) is 80.4 Å². The van der Waals surface area contributed by atoms with Crippen molar-refractivity contribution in [2.24, 2.45) is 11.3 Å². The van der Waals surface area contributed by atoms with Crippen molar-refractivity contribution < 1.29 is 19.2 Å². The lowest BCUT2D eigenvalue weighted by molar-refractivity contribution is -0.137. The molecule has 0 aliphatic heterocycles. The number of carboxylic acid groups (broad SMARTS) is 1. The first-order chi connectivity index (χ1) is 16.5. The quantitative estimate of drug-likeness (QED) is 0.354. The smallest absolute Gasteiger partial charge is 0.303 e. The molecule has 1 aromatic heterocycles. The van der Waals surface area contributed by atoms with Crippen LogP contribution in [-0.4, -0.2) is 22.1 Å². The van der Waals surface area contributed by atoms with Crippen LogP contribution in [0.25, 0.3) is 0 Å². The largest absolute Gasteiger partial charge is 0.481 e. The first-order valence-corrected chi connectivity index (χ1v) is 13.1. The van der Waals surface area contributed by atoms with Crippen molar-refractivity contribution in [1.82, 2.24) is 5.16 Å². The normalized spacial score (nSPS) is 20.8. The van der Waals surface area contributed by atoms with Gasteiger partial charge in [0.25, 0.3) is 0 Å². The van der Waals surface area contributed by atoms with Crippen LogP contribution in [0.2, 0.25) is 5.02 Å². The van der Waals surface area contributed by atoms with Gasteiger partial charge in [-0.1, -0.05) is 43.6 Å². The van der Waals surface area contributed by atoms with Crippen LogP contribution in [0.15, 0.2) is 22.7 Å². The van der Waals surface area contributed by atoms with E-state index in [2.05, 4.69) is 31.2 Å². The number of aromatic nitrogens is 1. The second-order valence-corrected chi connectivity index (χ2v) is 12.2. The van der Waals surface area contributed by atoms with Gasteiger partial charge in [0.2, 0.25) is 5.91 Å². The minimum absolute atomic E-state index is 0.0212. The van der Waals surface area contributed by atoms with E-state index in [4.69, 9.17) is 16.1 Å². The third kappa shape index (κ3) is 6.66. The number of carbonyl (C=O) groups is 2. The molecule has 190 valence electrons. The van der Waals surface area contributed by atoms with E-state index in [1.54, 1.807) is 12.1 Å². The zero-order valence-electron chi connectivity index (χ0n) is 21.2. The third-order valence-electron chi connectivity index (χ3n) is 7.20. The zero-order valence-corrected chi connectivity index (χ0v) is 22.0. The number of nitrogens with zero attached hydrogens (tertiary/aromatic N) is 1. The Hall–Kier alpha value is -2.34. The summed E-state index contributed by atoms with van der Waals surface area (Å²) in [5.74, 6) is 1.08. The van der Waals surface area contributed by atoms with Crippen LogP contribution < -0.4 is 5.32 Å². The Bertz CT molecular complexity index is 1080. The van der Waals surface area contributed by atoms with E-state index < -0.39 is 5.97 Å². The second kappa shape index (κ2) is 10.3. The van der Waals surface area contributed by atoms with E-state index in [-0.39, 0.29) is 24.7 Å². The molecule has 4 rings (SSSR count). The first-order valence-electron chi connectivity index (χ1n) is 12.8. The van der Waals surface area contributed by atoms with Crippen LogP contribution in [0.3, 0.4) is 0 Å². The van der Waals surface area contributed by atoms with E-state index in [1.165, 1.54) is 6.42 Å². The highest BCUT2D eigenvalue weighted by molar-refractivity contribution is 6.33. The Morgan fingerprint density at radius 1 is 1.23 bits per heavy atom. The molecule has 0 unspecified atom stereocenters. The highest BCUT2D eigenvalue weighted by atomic mass is 35.5. The standard InChI is InChI=1S/C28H37ClN2O4/c1-16-5-9-22(21(29)11-16)30-23(32)14-19(8-10-24(33)34)26-25(18-6-7-18)27(35-31-26)20-12-17(13-20)15-28(2,3)4/h5,9,11,17-20H,6-8,10,12-15H2,1-4H3,(H,30,32)(H,33,34)/t17-,19-,20-/m1/s1. The summed E-state index contributed by atoms with van der Waals surface area (Å²) in [6.45, 7) is 8.79. The van der Waals surface area contributed by atoms with Crippen molar-refractivity contribution in [3.8, 4) is 0 Å². The van der Waals surface area contributed by atoms with Gasteiger partial charge in [0, 0.05) is 30.2 Å². The summed E-state index contributed by atoms with van der Waals surface area (Å²) in [5, 5.41) is 17.2. The highest BCUT2D eigenvalue weighted by Gasteiger charge is 2.42. The molecular weight excluding hydrogens is 464 g/mol. The number of nitrogens with one attached hydrogen (secondary N) is 1. The van der Waals surface area contributed by atoms with Gasteiger partial charge in [-0.2, -0.15) is 0 Å². The lowest BCUT2D eigenvalue weighted by atomic mass is 9.66. The summed E-state index contributed by atoms with van der Waals surface area (Å²) in [6, 6.07) is 5.49. The van der Waals surface area contributed by atoms with Crippen LogP contribution in [-0.2, 0) is 9.59 Å². The summed E-state index contributed by atoms with van der Waals surface area (Å²) < 4.78 is 5.95. The van der Waals surface area contributed by atoms with Crippen LogP contribution >= 0.6 is 11.6 Å². The fourth-order valence-corrected chi connectivity index (χ4v) is 5.74. The second-order valence-electron chi connectivity index (χ2n) is 11.8. The van der Waals surface area contributed by atoms with E-state index in [0.29, 0.717) is 40.3 Å². The molecule has 1 atom stereocenters. The van der Waals surface area contributed by atoms with Crippen LogP contribution in [0, 0.1) is 18.3 Å². The number of benzene rings is 1. The van der Waals surface area contributed by atoms with E-state index in [1.807, 2.05) is 13.0 Å². The molecule has 1 amide bonds. The molecule has 2 N–H and O–H groups in total. The maximum absolute atomic E-state index is 13.0. The molecule has 1 aromatic carbocycles. The number of anilines is 1. The molecule has 0 bridgehead atoms. The lowest BCUT2D eigenvalue weighted by Crippen LogP contribution is -2.26. The maximum atomic E-state index is 13.0. The molecule has 2 aliphatic carbocycles. The molecule has 7 heteroatoms. The third-order valence-corrected chi connectivity index (χ3v) is 7.51. The fourth-order valence-electron chi connectivity index (χ4n) is 5.46. The fraction of sp³-hybridized carbons (Fsp3) is 0.607. The van der Waals surface area contributed by atoms with Gasteiger partial charge in [-0.15, -0.1) is 0 Å². The SMILES string of the molecule is Cc1ccc(NC(=O)C[C@@H](CCC(=O)O)c2noc([C@H]3C[C@H](CC(C)(C)C)C3)c2C2CC2)c(Cl)c1. The van der Waals surface area contributed by atoms with Gasteiger partial charge in [0.1, 0.15) is 5.76 Å². The molecule has 35 heavy (non-hydrogen) atoms. The Morgan fingerprint density at radius 2 is 1.94 bits per heavy atom. The predicted octanol–water partition coefficient (Wildman–Crippen LogP) is 7.42. The lowest BCUT2D eigenvalue weighted by Gasteiger charge is -2.38. The monoisotopic (exact) mass is 500 g/mol. The molecule has 0 radical (unpaired) electrons. The summed E-state index contributed by atoms with van der Waals surface area (Å²) in [7, 11) is 0. The Kier molecular flexibility index (Phi) is 7.60. The minimum atomic E-state index is -0.877. The number of hydrogen-bond donors (Lipinski definition) is 2. The number of rotatable bonds is 10. The van der Waals surface area contributed by atoms with E-state index >= 15 is 0 Å². The van der Waals surface area contributed by atoms with Crippen molar-refractivity contribution in [2.45, 2.75) is 96.8 Å². The van der Waals surface area contributed by atoms with Crippen molar-refractivity contribution in [3.05, 3.63) is 45.8 Å². The van der Waals surface area contributed by atoms with Gasteiger partial charge in [-0.25, -0.2) is 0 Å². The number of carbonyl (C=O) groups excluding carboxylic acids is 1. The highest BCUT2D eigenvalue weighted by Crippen LogP contribution is 2.53. The molecule has 2 aliphatic rings. The summed E-state index contributed by atoms with van der Waals surface area (Å²) >= 11 is 6.30. The van der Waals surface area contributed by atoms with Gasteiger partial charge < -0.3 is 14.9 Å². The van der Waals surface area contributed by atoms with Gasteiger partial charge in [-0.3, -0.25) is 9.59 Å². The maximum Gasteiger partial charge on any atom is 0.303 e. The zero-order chi connectivity index (χ0) is 25.3. The van der Waals surface area contributed by atoms with Crippen molar-refractivity contribution in [2.75, 3.05) is 5.32 Å². The van der Waals surface area contributed by atoms with E-state index in [9.17, 15) is 14.7 Å². The number of carboxylic acids is 1. The van der Waals surface area contributed by atoms with Crippen molar-refractivity contribution in [1.29, 1.82) is 0 Å². The molecule has 0 saturated heterocycles. The first kappa shape index (κ1) is 25.7. The summed E-state index contributed by atoms with van der Waals surface area (Å²) in [6.07, 6.45) is 6.06. The molecule has 2 aromatic rings. The average molecular weight is 501 g/mol. The molecular formula is C28H37ClN2O4. The van der Waals surface area contributed by atoms with Crippen LogP contribution in [0.4, 0.5) is 5.69 Å². The number of hydrogen-bond acceptors (Lipinski definition) is 4. The van der Waals surface area contributed by atoms with E-state index in [0.717, 1.165) is 48.3 Å². The Balaban J connectivity index is 1.51. The number of halogens is 1. The van der Waals surface area contributed by atoms with Crippen molar-refractivity contribution in [3.63, 3.8) is 0 Å². The van der Waals surface area contributed by atoms with Gasteiger partial charge in [0.05, 0.1) is 16.4 Å². The number of amides is 1. The van der Waals surface area contributed by atoms with Crippen molar-refractivity contribution >= 4 is 29.2 Å². The predicted molar refractivity (Wildman–Crippen MR) is 137 cm³/mol. The van der Waals surface area contributed by atoms with Gasteiger partial charge in [0.15, 0.2) is 0 Å². The Morgan fingerprint density at radius 3 is 2.54 bits per heavy atom. The number of aliphatic carboxylic acids is 1. The van der Waals surface area contributed by atoms with Crippen LogP contribution in [0.5, 0.6) is 0 Å². The minimum Gasteiger partial charge on any atom is -0.481 e. The Labute approximate surface area is 212 Å². The number of aryl methyl sites for hydroxylation is 1. The summed E-state index contributed by atoms with van der Waals surface area (Å²) in [4.78, 5) is 24.4. The molecule has 1 heterocycles. The molecule has 2 saturated carbocycles.